The van der Waals surface area contributed by atoms with Crippen molar-refractivity contribution >= 4 is 6.01 Å². The SMILES string of the molecule is CCCC1(CNc2nnc(CNC(C)(C)C)o2)CC1. The molecule has 19 heavy (non-hydrogen) atoms. The maximum absolute atomic E-state index is 5.58. The zero-order valence-electron chi connectivity index (χ0n) is 12.5. The van der Waals surface area contributed by atoms with Crippen molar-refractivity contribution in [1.82, 2.24) is 15.5 Å². The summed E-state index contributed by atoms with van der Waals surface area (Å²) >= 11 is 0. The molecule has 1 aliphatic carbocycles. The summed E-state index contributed by atoms with van der Waals surface area (Å²) in [6, 6.07) is 0.549. The van der Waals surface area contributed by atoms with E-state index in [1.807, 2.05) is 0 Å². The highest BCUT2D eigenvalue weighted by atomic mass is 16.4. The first kappa shape index (κ1) is 14.3. The van der Waals surface area contributed by atoms with Crippen LogP contribution >= 0.6 is 0 Å². The molecule has 1 aromatic heterocycles. The van der Waals surface area contributed by atoms with E-state index in [0.717, 1.165) is 6.54 Å². The highest BCUT2D eigenvalue weighted by Crippen LogP contribution is 2.49. The van der Waals surface area contributed by atoms with Crippen LogP contribution in [-0.2, 0) is 6.54 Å². The Morgan fingerprint density at radius 2 is 2.00 bits per heavy atom. The average Bonchev–Trinajstić information content (AvgIpc) is 2.94. The molecule has 1 saturated carbocycles. The Hall–Kier alpha value is -1.10. The van der Waals surface area contributed by atoms with Crippen molar-refractivity contribution in [2.75, 3.05) is 11.9 Å². The maximum atomic E-state index is 5.58. The van der Waals surface area contributed by atoms with Gasteiger partial charge in [0.25, 0.3) is 0 Å². The molecule has 2 rings (SSSR count). The molecule has 0 bridgehead atoms. The number of nitrogens with zero attached hydrogens (tertiary/aromatic N) is 2. The van der Waals surface area contributed by atoms with Crippen LogP contribution in [0.5, 0.6) is 0 Å². The standard InChI is InChI=1S/C14H26N4O/c1-5-6-14(7-8-14)10-15-12-18-17-11(19-12)9-16-13(2,3)4/h16H,5-10H2,1-4H3,(H,15,18). The van der Waals surface area contributed by atoms with Crippen LogP contribution in [-0.4, -0.2) is 22.3 Å². The lowest BCUT2D eigenvalue weighted by Gasteiger charge is -2.18. The van der Waals surface area contributed by atoms with Gasteiger partial charge in [0.05, 0.1) is 6.54 Å². The molecule has 5 nitrogen and oxygen atoms in total. The molecule has 0 aliphatic heterocycles. The second-order valence-corrected chi connectivity index (χ2v) is 6.71. The van der Waals surface area contributed by atoms with Crippen LogP contribution in [0, 0.1) is 5.41 Å². The van der Waals surface area contributed by atoms with Gasteiger partial charge in [-0.2, -0.15) is 0 Å². The zero-order valence-corrected chi connectivity index (χ0v) is 12.5. The van der Waals surface area contributed by atoms with E-state index in [9.17, 15) is 0 Å². The molecular formula is C14H26N4O. The van der Waals surface area contributed by atoms with Gasteiger partial charge < -0.3 is 15.1 Å². The normalized spacial score (nSPS) is 17.5. The van der Waals surface area contributed by atoms with Crippen LogP contribution in [0.1, 0.15) is 59.3 Å². The van der Waals surface area contributed by atoms with Crippen molar-refractivity contribution in [3.05, 3.63) is 5.89 Å². The fourth-order valence-corrected chi connectivity index (χ4v) is 2.22. The summed E-state index contributed by atoms with van der Waals surface area (Å²) in [5.74, 6) is 0.637. The number of hydrogen-bond acceptors (Lipinski definition) is 5. The summed E-state index contributed by atoms with van der Waals surface area (Å²) in [6.45, 7) is 10.1. The van der Waals surface area contributed by atoms with Crippen LogP contribution in [0.2, 0.25) is 0 Å². The van der Waals surface area contributed by atoms with Crippen molar-refractivity contribution in [2.24, 2.45) is 5.41 Å². The van der Waals surface area contributed by atoms with Crippen molar-refractivity contribution < 1.29 is 4.42 Å². The third-order valence-corrected chi connectivity index (χ3v) is 3.59. The fraction of sp³-hybridized carbons (Fsp3) is 0.857. The second-order valence-electron chi connectivity index (χ2n) is 6.71. The summed E-state index contributed by atoms with van der Waals surface area (Å²) in [7, 11) is 0. The largest absolute Gasteiger partial charge is 0.407 e. The zero-order chi connectivity index (χ0) is 13.9. The average molecular weight is 266 g/mol. The summed E-state index contributed by atoms with van der Waals surface area (Å²) in [4.78, 5) is 0. The van der Waals surface area contributed by atoms with Gasteiger partial charge in [0.15, 0.2) is 0 Å². The van der Waals surface area contributed by atoms with E-state index in [4.69, 9.17) is 4.42 Å². The molecular weight excluding hydrogens is 240 g/mol. The summed E-state index contributed by atoms with van der Waals surface area (Å²) < 4.78 is 5.58. The van der Waals surface area contributed by atoms with Crippen LogP contribution in [0.25, 0.3) is 0 Å². The summed E-state index contributed by atoms with van der Waals surface area (Å²) in [5, 5.41) is 14.7. The molecule has 2 N–H and O–H groups in total. The van der Waals surface area contributed by atoms with E-state index in [0.29, 0.717) is 23.9 Å². The highest BCUT2D eigenvalue weighted by molar-refractivity contribution is 5.19. The van der Waals surface area contributed by atoms with Crippen LogP contribution in [0.4, 0.5) is 6.01 Å². The van der Waals surface area contributed by atoms with Crippen molar-refractivity contribution in [2.45, 2.75) is 65.5 Å². The summed E-state index contributed by atoms with van der Waals surface area (Å²) in [5.41, 5.74) is 0.550. The third-order valence-electron chi connectivity index (χ3n) is 3.59. The minimum atomic E-state index is 0.0568. The minimum Gasteiger partial charge on any atom is -0.407 e. The smallest absolute Gasteiger partial charge is 0.315 e. The van der Waals surface area contributed by atoms with Gasteiger partial charge in [0.2, 0.25) is 5.89 Å². The number of aromatic nitrogens is 2. The molecule has 0 spiro atoms. The first-order valence-corrected chi connectivity index (χ1v) is 7.24. The first-order chi connectivity index (χ1) is 8.92. The molecule has 0 amide bonds. The predicted octanol–water partition coefficient (Wildman–Crippen LogP) is 2.95. The predicted molar refractivity (Wildman–Crippen MR) is 76.0 cm³/mol. The fourth-order valence-electron chi connectivity index (χ4n) is 2.22. The van der Waals surface area contributed by atoms with E-state index >= 15 is 0 Å². The van der Waals surface area contributed by atoms with E-state index in [1.54, 1.807) is 0 Å². The lowest BCUT2D eigenvalue weighted by atomic mass is 10.0. The lowest BCUT2D eigenvalue weighted by Crippen LogP contribution is -2.35. The molecule has 0 aromatic carbocycles. The quantitative estimate of drug-likeness (QED) is 0.794. The topological polar surface area (TPSA) is 63.0 Å². The van der Waals surface area contributed by atoms with Gasteiger partial charge in [-0.15, -0.1) is 5.10 Å². The molecule has 0 atom stereocenters. The van der Waals surface area contributed by atoms with Gasteiger partial charge in [0.1, 0.15) is 0 Å². The van der Waals surface area contributed by atoms with Crippen molar-refractivity contribution in [3.63, 3.8) is 0 Å². The number of rotatable bonds is 7. The Bertz CT molecular complexity index is 404. The Morgan fingerprint density at radius 1 is 1.26 bits per heavy atom. The highest BCUT2D eigenvalue weighted by Gasteiger charge is 2.41. The Kier molecular flexibility index (Phi) is 4.13. The molecule has 0 saturated heterocycles. The van der Waals surface area contributed by atoms with E-state index < -0.39 is 0 Å². The molecule has 1 aliphatic rings. The van der Waals surface area contributed by atoms with Gasteiger partial charge in [-0.05, 0) is 45.4 Å². The monoisotopic (exact) mass is 266 g/mol. The molecule has 1 aromatic rings. The number of anilines is 1. The first-order valence-electron chi connectivity index (χ1n) is 7.24. The third kappa shape index (κ3) is 4.49. The van der Waals surface area contributed by atoms with Gasteiger partial charge in [-0.3, -0.25) is 0 Å². The molecule has 1 fully saturated rings. The number of hydrogen-bond donors (Lipinski definition) is 2. The Morgan fingerprint density at radius 3 is 2.58 bits per heavy atom. The summed E-state index contributed by atoms with van der Waals surface area (Å²) in [6.07, 6.45) is 5.17. The van der Waals surface area contributed by atoms with E-state index in [2.05, 4.69) is 48.5 Å². The minimum absolute atomic E-state index is 0.0568. The van der Waals surface area contributed by atoms with Gasteiger partial charge in [0, 0.05) is 12.1 Å². The number of nitrogens with one attached hydrogen (secondary N) is 2. The molecule has 108 valence electrons. The molecule has 0 radical (unpaired) electrons. The lowest BCUT2D eigenvalue weighted by molar-refractivity contribution is 0.382. The van der Waals surface area contributed by atoms with E-state index in [-0.39, 0.29) is 5.54 Å². The maximum Gasteiger partial charge on any atom is 0.315 e. The van der Waals surface area contributed by atoms with Crippen LogP contribution in [0.3, 0.4) is 0 Å². The van der Waals surface area contributed by atoms with E-state index in [1.165, 1.54) is 25.7 Å². The second kappa shape index (κ2) is 5.49. The van der Waals surface area contributed by atoms with Crippen molar-refractivity contribution in [1.29, 1.82) is 0 Å². The molecule has 5 heteroatoms. The van der Waals surface area contributed by atoms with Crippen LogP contribution < -0.4 is 10.6 Å². The molecule has 0 unspecified atom stereocenters. The molecule has 1 heterocycles. The Labute approximate surface area is 115 Å². The van der Waals surface area contributed by atoms with Gasteiger partial charge in [-0.1, -0.05) is 18.4 Å². The van der Waals surface area contributed by atoms with Crippen molar-refractivity contribution in [3.8, 4) is 0 Å². The van der Waals surface area contributed by atoms with Gasteiger partial charge >= 0.3 is 6.01 Å². The Balaban J connectivity index is 1.78. The van der Waals surface area contributed by atoms with Crippen LogP contribution in [0.15, 0.2) is 4.42 Å². The van der Waals surface area contributed by atoms with Gasteiger partial charge in [-0.25, -0.2) is 0 Å².